The van der Waals surface area contributed by atoms with E-state index in [1.165, 1.54) is 0 Å². The summed E-state index contributed by atoms with van der Waals surface area (Å²) in [6.07, 6.45) is 0.625. The molecule has 3 N–H and O–H groups in total. The van der Waals surface area contributed by atoms with Gasteiger partial charge in [-0.2, -0.15) is 0 Å². The van der Waals surface area contributed by atoms with Gasteiger partial charge in [0.05, 0.1) is 0 Å². The first-order valence-electron chi connectivity index (χ1n) is 4.49. The van der Waals surface area contributed by atoms with Gasteiger partial charge in [-0.1, -0.05) is 5.16 Å². The SMILES string of the molecule is CC(N)Cc1onc2ccc(O)cc12. The summed E-state index contributed by atoms with van der Waals surface area (Å²) in [5.74, 6) is 0.942. The number of hydrogen-bond donors (Lipinski definition) is 2. The van der Waals surface area contributed by atoms with Crippen LogP contribution in [0.1, 0.15) is 12.7 Å². The van der Waals surface area contributed by atoms with Crippen LogP contribution in [0.3, 0.4) is 0 Å². The number of aromatic hydroxyl groups is 1. The molecule has 0 radical (unpaired) electrons. The van der Waals surface area contributed by atoms with Gasteiger partial charge < -0.3 is 15.4 Å². The molecule has 2 aromatic rings. The molecule has 1 unspecified atom stereocenters. The largest absolute Gasteiger partial charge is 0.508 e. The number of nitrogens with two attached hydrogens (primary N) is 1. The third-order valence-electron chi connectivity index (χ3n) is 2.04. The van der Waals surface area contributed by atoms with E-state index in [1.807, 2.05) is 6.92 Å². The fraction of sp³-hybridized carbons (Fsp3) is 0.300. The van der Waals surface area contributed by atoms with Gasteiger partial charge in [0, 0.05) is 17.8 Å². The summed E-state index contributed by atoms with van der Waals surface area (Å²) in [4.78, 5) is 0. The van der Waals surface area contributed by atoms with Crippen molar-refractivity contribution in [2.45, 2.75) is 19.4 Å². The lowest BCUT2D eigenvalue weighted by Gasteiger charge is -2.00. The van der Waals surface area contributed by atoms with Crippen LogP contribution >= 0.6 is 0 Å². The first-order chi connectivity index (χ1) is 6.66. The fourth-order valence-electron chi connectivity index (χ4n) is 1.42. The molecule has 14 heavy (non-hydrogen) atoms. The second-order valence-corrected chi connectivity index (χ2v) is 3.49. The molecule has 4 heteroatoms. The molecule has 1 aromatic heterocycles. The molecule has 74 valence electrons. The van der Waals surface area contributed by atoms with Crippen molar-refractivity contribution < 1.29 is 9.63 Å². The molecule has 0 fully saturated rings. The first kappa shape index (κ1) is 9.02. The van der Waals surface area contributed by atoms with E-state index in [2.05, 4.69) is 5.16 Å². The summed E-state index contributed by atoms with van der Waals surface area (Å²) in [6.45, 7) is 1.90. The van der Waals surface area contributed by atoms with Crippen molar-refractivity contribution in [1.82, 2.24) is 5.16 Å². The third kappa shape index (κ3) is 1.56. The number of hydrogen-bond acceptors (Lipinski definition) is 4. The Balaban J connectivity index is 2.50. The topological polar surface area (TPSA) is 72.3 Å². The zero-order valence-electron chi connectivity index (χ0n) is 7.90. The number of fused-ring (bicyclic) bond motifs is 1. The predicted molar refractivity (Wildman–Crippen MR) is 53.0 cm³/mol. The van der Waals surface area contributed by atoms with E-state index in [0.717, 1.165) is 16.7 Å². The smallest absolute Gasteiger partial charge is 0.146 e. The molecule has 0 saturated carbocycles. The quantitative estimate of drug-likeness (QED) is 0.754. The van der Waals surface area contributed by atoms with Crippen LogP contribution in [-0.2, 0) is 6.42 Å². The van der Waals surface area contributed by atoms with Crippen LogP contribution in [0.15, 0.2) is 22.7 Å². The number of aromatic nitrogens is 1. The summed E-state index contributed by atoms with van der Waals surface area (Å²) < 4.78 is 5.14. The van der Waals surface area contributed by atoms with Crippen LogP contribution in [0.5, 0.6) is 5.75 Å². The summed E-state index contributed by atoms with van der Waals surface area (Å²) in [6, 6.07) is 4.97. The Bertz CT molecular complexity index is 448. The Hall–Kier alpha value is -1.55. The normalized spacial score (nSPS) is 13.3. The number of nitrogens with zero attached hydrogens (tertiary/aromatic N) is 1. The summed E-state index contributed by atoms with van der Waals surface area (Å²) >= 11 is 0. The highest BCUT2D eigenvalue weighted by Crippen LogP contribution is 2.23. The van der Waals surface area contributed by atoms with Gasteiger partial charge in [-0.25, -0.2) is 0 Å². The molecule has 1 aromatic carbocycles. The number of benzene rings is 1. The van der Waals surface area contributed by atoms with Crippen molar-refractivity contribution in [2.75, 3.05) is 0 Å². The van der Waals surface area contributed by atoms with Crippen molar-refractivity contribution in [3.8, 4) is 5.75 Å². The lowest BCUT2D eigenvalue weighted by molar-refractivity contribution is 0.384. The lowest BCUT2D eigenvalue weighted by atomic mass is 10.1. The molecule has 0 saturated heterocycles. The molecule has 0 aliphatic carbocycles. The molecule has 2 rings (SSSR count). The van der Waals surface area contributed by atoms with E-state index in [4.69, 9.17) is 10.3 Å². The van der Waals surface area contributed by atoms with Crippen LogP contribution < -0.4 is 5.73 Å². The maximum Gasteiger partial charge on any atom is 0.146 e. The zero-order chi connectivity index (χ0) is 10.1. The van der Waals surface area contributed by atoms with Gasteiger partial charge in [-0.3, -0.25) is 0 Å². The molecule has 0 amide bonds. The van der Waals surface area contributed by atoms with E-state index < -0.39 is 0 Å². The standard InChI is InChI=1S/C10H12N2O2/c1-6(11)4-10-8-5-7(13)2-3-9(8)12-14-10/h2-3,5-6,13H,4,11H2,1H3. The van der Waals surface area contributed by atoms with Gasteiger partial charge in [0.2, 0.25) is 0 Å². The molecule has 1 atom stereocenters. The zero-order valence-corrected chi connectivity index (χ0v) is 7.90. The van der Waals surface area contributed by atoms with Crippen LogP contribution in [0, 0.1) is 0 Å². The van der Waals surface area contributed by atoms with Crippen LogP contribution in [0.2, 0.25) is 0 Å². The highest BCUT2D eigenvalue weighted by atomic mass is 16.5. The van der Waals surface area contributed by atoms with Crippen molar-refractivity contribution in [3.63, 3.8) is 0 Å². The highest BCUT2D eigenvalue weighted by Gasteiger charge is 2.10. The first-order valence-corrected chi connectivity index (χ1v) is 4.49. The van der Waals surface area contributed by atoms with E-state index in [1.54, 1.807) is 18.2 Å². The van der Waals surface area contributed by atoms with Gasteiger partial charge in [-0.15, -0.1) is 0 Å². The van der Waals surface area contributed by atoms with Crippen LogP contribution in [0.4, 0.5) is 0 Å². The summed E-state index contributed by atoms with van der Waals surface area (Å²) in [5.41, 5.74) is 6.41. The molecule has 1 heterocycles. The van der Waals surface area contributed by atoms with Crippen molar-refractivity contribution >= 4 is 10.9 Å². The molecular weight excluding hydrogens is 180 g/mol. The van der Waals surface area contributed by atoms with Gasteiger partial charge in [-0.05, 0) is 25.1 Å². The number of rotatable bonds is 2. The molecule has 0 aliphatic rings. The molecule has 0 spiro atoms. The fourth-order valence-corrected chi connectivity index (χ4v) is 1.42. The minimum Gasteiger partial charge on any atom is -0.508 e. The van der Waals surface area contributed by atoms with Gasteiger partial charge in [0.1, 0.15) is 17.0 Å². The Labute approximate surface area is 81.3 Å². The van der Waals surface area contributed by atoms with Gasteiger partial charge in [0.15, 0.2) is 0 Å². The Morgan fingerprint density at radius 2 is 2.36 bits per heavy atom. The second kappa shape index (κ2) is 3.31. The minimum absolute atomic E-state index is 0.0218. The Morgan fingerprint density at radius 1 is 1.57 bits per heavy atom. The average molecular weight is 192 g/mol. The third-order valence-corrected chi connectivity index (χ3v) is 2.04. The monoisotopic (exact) mass is 192 g/mol. The molecular formula is C10H12N2O2. The van der Waals surface area contributed by atoms with E-state index >= 15 is 0 Å². The molecule has 0 aliphatic heterocycles. The number of phenols is 1. The molecule has 0 bridgehead atoms. The van der Waals surface area contributed by atoms with E-state index in [-0.39, 0.29) is 11.8 Å². The Kier molecular flexibility index (Phi) is 2.13. The van der Waals surface area contributed by atoms with E-state index in [0.29, 0.717) is 6.42 Å². The summed E-state index contributed by atoms with van der Waals surface area (Å²) in [7, 11) is 0. The van der Waals surface area contributed by atoms with Gasteiger partial charge in [0.25, 0.3) is 0 Å². The van der Waals surface area contributed by atoms with Crippen LogP contribution in [0.25, 0.3) is 10.9 Å². The van der Waals surface area contributed by atoms with Crippen LogP contribution in [-0.4, -0.2) is 16.3 Å². The average Bonchev–Trinajstić information content (AvgIpc) is 2.47. The van der Waals surface area contributed by atoms with Gasteiger partial charge >= 0.3 is 0 Å². The summed E-state index contributed by atoms with van der Waals surface area (Å²) in [5, 5.41) is 14.0. The highest BCUT2D eigenvalue weighted by molar-refractivity contribution is 5.81. The van der Waals surface area contributed by atoms with Crippen molar-refractivity contribution in [3.05, 3.63) is 24.0 Å². The maximum absolute atomic E-state index is 9.31. The lowest BCUT2D eigenvalue weighted by Crippen LogP contribution is -2.17. The second-order valence-electron chi connectivity index (χ2n) is 3.49. The Morgan fingerprint density at radius 3 is 3.07 bits per heavy atom. The van der Waals surface area contributed by atoms with E-state index in [9.17, 15) is 5.11 Å². The number of phenolic OH excluding ortho intramolecular Hbond substituents is 1. The predicted octanol–water partition coefficient (Wildman–Crippen LogP) is 1.42. The molecule has 4 nitrogen and oxygen atoms in total. The van der Waals surface area contributed by atoms with Crippen molar-refractivity contribution in [1.29, 1.82) is 0 Å². The van der Waals surface area contributed by atoms with Crippen molar-refractivity contribution in [2.24, 2.45) is 5.73 Å². The minimum atomic E-state index is 0.0218. The maximum atomic E-state index is 9.31.